The molecule has 6 heteroatoms. The van der Waals surface area contributed by atoms with Crippen LogP contribution in [0.15, 0.2) is 48.5 Å². The highest BCUT2D eigenvalue weighted by atomic mass is 19.1. The number of rotatable bonds is 5. The zero-order chi connectivity index (χ0) is 19.3. The van der Waals surface area contributed by atoms with Crippen molar-refractivity contribution in [1.29, 1.82) is 0 Å². The quantitative estimate of drug-likeness (QED) is 0.769. The maximum absolute atomic E-state index is 12.9. The fraction of sp³-hybridized carbons (Fsp3) is 0.300. The molecule has 5 nitrogen and oxygen atoms in total. The van der Waals surface area contributed by atoms with Gasteiger partial charge in [-0.3, -0.25) is 9.59 Å². The normalized spacial score (nSPS) is 12.3. The molecule has 0 spiro atoms. The summed E-state index contributed by atoms with van der Waals surface area (Å²) in [6.45, 7) is 6.09. The monoisotopic (exact) mass is 357 g/mol. The van der Waals surface area contributed by atoms with Gasteiger partial charge in [-0.15, -0.1) is 0 Å². The van der Waals surface area contributed by atoms with Crippen LogP contribution < -0.4 is 16.4 Å². The van der Waals surface area contributed by atoms with Crippen molar-refractivity contribution >= 4 is 17.5 Å². The van der Waals surface area contributed by atoms with Crippen LogP contribution in [0.3, 0.4) is 0 Å². The smallest absolute Gasteiger partial charge is 0.255 e. The van der Waals surface area contributed by atoms with Gasteiger partial charge in [0.15, 0.2) is 0 Å². The Balaban J connectivity index is 1.91. The van der Waals surface area contributed by atoms with E-state index in [0.717, 1.165) is 5.56 Å². The van der Waals surface area contributed by atoms with Crippen LogP contribution in [-0.2, 0) is 11.3 Å². The Morgan fingerprint density at radius 1 is 1.04 bits per heavy atom. The second-order valence-corrected chi connectivity index (χ2v) is 7.22. The molecule has 0 bridgehead atoms. The van der Waals surface area contributed by atoms with Gasteiger partial charge in [-0.2, -0.15) is 0 Å². The van der Waals surface area contributed by atoms with Crippen molar-refractivity contribution in [2.45, 2.75) is 33.4 Å². The van der Waals surface area contributed by atoms with Crippen LogP contribution >= 0.6 is 0 Å². The average molecular weight is 357 g/mol. The predicted octanol–water partition coefficient (Wildman–Crippen LogP) is 3.07. The summed E-state index contributed by atoms with van der Waals surface area (Å²) in [5, 5.41) is 5.55. The topological polar surface area (TPSA) is 84.2 Å². The molecular formula is C20H24FN3O2. The van der Waals surface area contributed by atoms with Gasteiger partial charge in [0, 0.05) is 17.8 Å². The number of halogens is 1. The van der Waals surface area contributed by atoms with Gasteiger partial charge < -0.3 is 16.4 Å². The third kappa shape index (κ3) is 5.39. The van der Waals surface area contributed by atoms with Crippen LogP contribution in [0.1, 0.15) is 36.7 Å². The second-order valence-electron chi connectivity index (χ2n) is 7.22. The number of benzene rings is 2. The van der Waals surface area contributed by atoms with Gasteiger partial charge >= 0.3 is 0 Å². The number of amides is 2. The highest BCUT2D eigenvalue weighted by molar-refractivity contribution is 6.04. The van der Waals surface area contributed by atoms with Crippen LogP contribution in [0.4, 0.5) is 10.1 Å². The molecule has 0 fully saturated rings. The Hall–Kier alpha value is -2.73. The lowest BCUT2D eigenvalue weighted by Crippen LogP contribution is -2.48. The van der Waals surface area contributed by atoms with Crippen LogP contribution in [0.5, 0.6) is 0 Å². The summed E-state index contributed by atoms with van der Waals surface area (Å²) in [5.74, 6) is -0.910. The third-order valence-corrected chi connectivity index (χ3v) is 4.00. The first-order valence-electron chi connectivity index (χ1n) is 8.36. The number of nitrogens with two attached hydrogens (primary N) is 1. The summed E-state index contributed by atoms with van der Waals surface area (Å²) >= 11 is 0. The third-order valence-electron chi connectivity index (χ3n) is 4.00. The highest BCUT2D eigenvalue weighted by Crippen LogP contribution is 2.17. The van der Waals surface area contributed by atoms with Crippen LogP contribution in [0.25, 0.3) is 0 Å². The number of carbonyl (C=O) groups is 2. The number of hydrogen-bond acceptors (Lipinski definition) is 3. The second kappa shape index (κ2) is 8.10. The SMILES string of the molecule is CC(C)(C)[C@H](N)C(=O)NCc1ccc(NC(=O)c2ccc(F)cc2)cc1. The summed E-state index contributed by atoms with van der Waals surface area (Å²) in [5.41, 5.74) is 7.49. The van der Waals surface area contributed by atoms with Crippen molar-refractivity contribution in [3.05, 3.63) is 65.5 Å². The molecule has 2 amide bonds. The van der Waals surface area contributed by atoms with Crippen molar-refractivity contribution in [3.8, 4) is 0 Å². The summed E-state index contributed by atoms with van der Waals surface area (Å²) in [4.78, 5) is 24.1. The largest absolute Gasteiger partial charge is 0.351 e. The average Bonchev–Trinajstić information content (AvgIpc) is 2.60. The summed E-state index contributed by atoms with van der Waals surface area (Å²) < 4.78 is 12.9. The lowest BCUT2D eigenvalue weighted by atomic mass is 9.87. The van der Waals surface area contributed by atoms with Gasteiger partial charge in [0.25, 0.3) is 5.91 Å². The zero-order valence-electron chi connectivity index (χ0n) is 15.2. The van der Waals surface area contributed by atoms with Crippen LogP contribution in [0.2, 0.25) is 0 Å². The first-order chi connectivity index (χ1) is 12.2. The molecule has 0 unspecified atom stereocenters. The summed E-state index contributed by atoms with van der Waals surface area (Å²) in [6, 6.07) is 11.8. The maximum atomic E-state index is 12.9. The van der Waals surface area contributed by atoms with Gasteiger partial charge in [-0.05, 0) is 47.4 Å². The van der Waals surface area contributed by atoms with E-state index in [1.165, 1.54) is 24.3 Å². The number of hydrogen-bond donors (Lipinski definition) is 3. The minimum absolute atomic E-state index is 0.203. The van der Waals surface area contributed by atoms with E-state index in [0.29, 0.717) is 17.8 Å². The molecule has 0 aliphatic rings. The molecule has 138 valence electrons. The molecule has 2 aromatic carbocycles. The molecule has 0 saturated heterocycles. The molecule has 2 rings (SSSR count). The Morgan fingerprint density at radius 2 is 1.62 bits per heavy atom. The van der Waals surface area contributed by atoms with E-state index in [-0.39, 0.29) is 23.0 Å². The standard InChI is InChI=1S/C20H24FN3O2/c1-20(2,3)17(22)19(26)23-12-13-4-10-16(11-5-13)24-18(25)14-6-8-15(21)9-7-14/h4-11,17H,12,22H2,1-3H3,(H,23,26)(H,24,25)/t17-/m1/s1. The van der Waals surface area contributed by atoms with Gasteiger partial charge in [-0.1, -0.05) is 32.9 Å². The van der Waals surface area contributed by atoms with Crippen LogP contribution in [-0.4, -0.2) is 17.9 Å². The summed E-state index contributed by atoms with van der Waals surface area (Å²) in [7, 11) is 0. The molecule has 0 aliphatic heterocycles. The van der Waals surface area contributed by atoms with E-state index >= 15 is 0 Å². The lowest BCUT2D eigenvalue weighted by molar-refractivity contribution is -0.124. The van der Waals surface area contributed by atoms with E-state index in [2.05, 4.69) is 10.6 Å². The highest BCUT2D eigenvalue weighted by Gasteiger charge is 2.27. The Kier molecular flexibility index (Phi) is 6.10. The Morgan fingerprint density at radius 3 is 2.15 bits per heavy atom. The Labute approximate surface area is 152 Å². The fourth-order valence-electron chi connectivity index (χ4n) is 2.20. The minimum atomic E-state index is -0.586. The van der Waals surface area contributed by atoms with Crippen molar-refractivity contribution in [2.75, 3.05) is 5.32 Å². The predicted molar refractivity (Wildman–Crippen MR) is 100 cm³/mol. The first kappa shape index (κ1) is 19.6. The first-order valence-corrected chi connectivity index (χ1v) is 8.36. The lowest BCUT2D eigenvalue weighted by Gasteiger charge is -2.25. The van der Waals surface area contributed by atoms with Crippen molar-refractivity contribution in [1.82, 2.24) is 5.32 Å². The van der Waals surface area contributed by atoms with Crippen molar-refractivity contribution in [3.63, 3.8) is 0 Å². The van der Waals surface area contributed by atoms with Gasteiger partial charge in [-0.25, -0.2) is 4.39 Å². The molecule has 26 heavy (non-hydrogen) atoms. The molecule has 1 atom stereocenters. The molecule has 0 aromatic heterocycles. The molecule has 4 N–H and O–H groups in total. The number of carbonyl (C=O) groups excluding carboxylic acids is 2. The number of anilines is 1. The van der Waals surface area contributed by atoms with Gasteiger partial charge in [0.1, 0.15) is 5.82 Å². The summed E-state index contributed by atoms with van der Waals surface area (Å²) in [6.07, 6.45) is 0. The fourth-order valence-corrected chi connectivity index (χ4v) is 2.20. The van der Waals surface area contributed by atoms with Crippen molar-refractivity contribution in [2.24, 2.45) is 11.1 Å². The van der Waals surface area contributed by atoms with Gasteiger partial charge in [0.05, 0.1) is 6.04 Å². The molecule has 0 radical (unpaired) electrons. The van der Waals surface area contributed by atoms with E-state index in [1.54, 1.807) is 12.1 Å². The molecule has 0 aliphatic carbocycles. The van der Waals surface area contributed by atoms with E-state index in [4.69, 9.17) is 5.73 Å². The van der Waals surface area contributed by atoms with Gasteiger partial charge in [0.2, 0.25) is 5.91 Å². The molecule has 0 heterocycles. The number of nitrogens with one attached hydrogen (secondary N) is 2. The van der Waals surface area contributed by atoms with E-state index < -0.39 is 6.04 Å². The zero-order valence-corrected chi connectivity index (χ0v) is 15.2. The minimum Gasteiger partial charge on any atom is -0.351 e. The maximum Gasteiger partial charge on any atom is 0.255 e. The van der Waals surface area contributed by atoms with Crippen molar-refractivity contribution < 1.29 is 14.0 Å². The van der Waals surface area contributed by atoms with Crippen LogP contribution in [0, 0.1) is 11.2 Å². The van der Waals surface area contributed by atoms with E-state index in [1.807, 2.05) is 32.9 Å². The molecule has 0 saturated carbocycles. The molecule has 2 aromatic rings. The van der Waals surface area contributed by atoms with E-state index in [9.17, 15) is 14.0 Å². The Bertz CT molecular complexity index is 765. The molecular weight excluding hydrogens is 333 g/mol.